The Balaban J connectivity index is 2.03. The van der Waals surface area contributed by atoms with Crippen molar-refractivity contribution in [3.05, 3.63) is 65.7 Å². The molecule has 0 spiro atoms. The highest BCUT2D eigenvalue weighted by atomic mass is 32.2. The van der Waals surface area contributed by atoms with Crippen LogP contribution in [0.2, 0.25) is 0 Å². The third-order valence-electron chi connectivity index (χ3n) is 5.16. The van der Waals surface area contributed by atoms with Crippen LogP contribution in [0.4, 0.5) is 0 Å². The van der Waals surface area contributed by atoms with Crippen molar-refractivity contribution in [2.45, 2.75) is 57.9 Å². The molecule has 2 amide bonds. The molecule has 0 bridgehead atoms. The van der Waals surface area contributed by atoms with Gasteiger partial charge in [-0.25, -0.2) is 0 Å². The van der Waals surface area contributed by atoms with Crippen molar-refractivity contribution < 1.29 is 9.59 Å². The van der Waals surface area contributed by atoms with Gasteiger partial charge in [-0.15, -0.1) is 11.8 Å². The highest BCUT2D eigenvalue weighted by Crippen LogP contribution is 2.20. The Morgan fingerprint density at radius 2 is 1.71 bits per heavy atom. The number of aryl methyl sites for hydroxylation is 1. The number of nitrogens with zero attached hydrogens (tertiary/aromatic N) is 1. The minimum absolute atomic E-state index is 0.0436. The van der Waals surface area contributed by atoms with E-state index in [0.717, 1.165) is 11.3 Å². The molecule has 2 aromatic carbocycles. The predicted molar refractivity (Wildman–Crippen MR) is 130 cm³/mol. The maximum absolute atomic E-state index is 13.2. The van der Waals surface area contributed by atoms with Crippen LogP contribution in [-0.2, 0) is 16.0 Å². The summed E-state index contributed by atoms with van der Waals surface area (Å²) in [5.41, 5.74) is 2.40. The van der Waals surface area contributed by atoms with Crippen molar-refractivity contribution in [2.24, 2.45) is 5.92 Å². The number of hydrogen-bond donors (Lipinski definition) is 1. The Morgan fingerprint density at radius 3 is 2.32 bits per heavy atom. The van der Waals surface area contributed by atoms with Gasteiger partial charge in [0.25, 0.3) is 0 Å². The first-order chi connectivity index (χ1) is 14.9. The van der Waals surface area contributed by atoms with Gasteiger partial charge in [0.15, 0.2) is 0 Å². The fourth-order valence-electron chi connectivity index (χ4n) is 3.35. The van der Waals surface area contributed by atoms with Crippen LogP contribution >= 0.6 is 11.8 Å². The first-order valence-corrected chi connectivity index (χ1v) is 12.2. The van der Waals surface area contributed by atoms with Gasteiger partial charge in [0, 0.05) is 30.2 Å². The number of thioether (sulfide) groups is 1. The van der Waals surface area contributed by atoms with Crippen LogP contribution in [0, 0.1) is 12.8 Å². The van der Waals surface area contributed by atoms with Crippen LogP contribution in [0.1, 0.15) is 44.7 Å². The van der Waals surface area contributed by atoms with Gasteiger partial charge in [0.2, 0.25) is 11.8 Å². The fraction of sp³-hybridized carbons (Fsp3) is 0.462. The number of carbonyl (C=O) groups is 2. The number of nitrogens with one attached hydrogen (secondary N) is 1. The Labute approximate surface area is 191 Å². The lowest BCUT2D eigenvalue weighted by Crippen LogP contribution is -2.50. The van der Waals surface area contributed by atoms with Gasteiger partial charge < -0.3 is 10.2 Å². The minimum Gasteiger partial charge on any atom is -0.354 e. The molecule has 0 saturated heterocycles. The lowest BCUT2D eigenvalue weighted by atomic mass is 10.1. The molecule has 0 heterocycles. The summed E-state index contributed by atoms with van der Waals surface area (Å²) in [6, 6.07) is 18.1. The summed E-state index contributed by atoms with van der Waals surface area (Å²) in [6.45, 7) is 9.36. The van der Waals surface area contributed by atoms with Gasteiger partial charge in [-0.2, -0.15) is 0 Å². The topological polar surface area (TPSA) is 49.4 Å². The van der Waals surface area contributed by atoms with Crippen molar-refractivity contribution in [3.8, 4) is 0 Å². The lowest BCUT2D eigenvalue weighted by molar-refractivity contribution is -0.140. The first-order valence-electron chi connectivity index (χ1n) is 11.2. The molecular weight excluding hydrogens is 404 g/mol. The Hall–Kier alpha value is -2.27. The minimum atomic E-state index is -0.431. The average Bonchev–Trinajstić information content (AvgIpc) is 2.77. The quantitative estimate of drug-likeness (QED) is 0.467. The van der Waals surface area contributed by atoms with E-state index in [2.05, 4.69) is 62.5 Å². The van der Waals surface area contributed by atoms with Crippen LogP contribution in [0.5, 0.6) is 0 Å². The van der Waals surface area contributed by atoms with Gasteiger partial charge in [0.1, 0.15) is 6.04 Å². The van der Waals surface area contributed by atoms with E-state index in [1.807, 2.05) is 25.1 Å². The molecule has 2 rings (SSSR count). The molecule has 2 aromatic rings. The number of benzene rings is 2. The van der Waals surface area contributed by atoms with Crippen LogP contribution < -0.4 is 5.32 Å². The fourth-order valence-corrected chi connectivity index (χ4v) is 4.19. The molecule has 31 heavy (non-hydrogen) atoms. The molecule has 0 aliphatic heterocycles. The zero-order valence-corrected chi connectivity index (χ0v) is 20.1. The molecule has 168 valence electrons. The third kappa shape index (κ3) is 8.78. The average molecular weight is 441 g/mol. The second-order valence-electron chi connectivity index (χ2n) is 8.30. The number of amides is 2. The molecule has 0 saturated carbocycles. The Bertz CT molecular complexity index is 806. The SMILES string of the molecule is CC[C@@H](C(=O)NCC(C)C)N(CCc1ccccc1)C(=O)CCSc1ccc(C)cc1. The Morgan fingerprint density at radius 1 is 1.03 bits per heavy atom. The summed E-state index contributed by atoms with van der Waals surface area (Å²) in [4.78, 5) is 29.0. The number of rotatable bonds is 12. The number of hydrogen-bond acceptors (Lipinski definition) is 3. The lowest BCUT2D eigenvalue weighted by Gasteiger charge is -2.31. The van der Waals surface area contributed by atoms with Crippen molar-refractivity contribution in [3.63, 3.8) is 0 Å². The van der Waals surface area contributed by atoms with Crippen molar-refractivity contribution in [2.75, 3.05) is 18.8 Å². The smallest absolute Gasteiger partial charge is 0.242 e. The van der Waals surface area contributed by atoms with Gasteiger partial charge in [-0.05, 0) is 43.4 Å². The standard InChI is InChI=1S/C26H36N2O2S/c1-5-24(26(30)27-19-20(2)3)28(17-15-22-9-7-6-8-10-22)25(29)16-18-31-23-13-11-21(4)12-14-23/h6-14,20,24H,5,15-19H2,1-4H3,(H,27,30)/t24-/m0/s1. The summed E-state index contributed by atoms with van der Waals surface area (Å²) in [7, 11) is 0. The van der Waals surface area contributed by atoms with E-state index >= 15 is 0 Å². The zero-order valence-electron chi connectivity index (χ0n) is 19.3. The molecular formula is C26H36N2O2S. The molecule has 0 aromatic heterocycles. The molecule has 1 atom stereocenters. The highest BCUT2D eigenvalue weighted by Gasteiger charge is 2.27. The van der Waals surface area contributed by atoms with Gasteiger partial charge in [0.05, 0.1) is 0 Å². The third-order valence-corrected chi connectivity index (χ3v) is 6.17. The van der Waals surface area contributed by atoms with E-state index in [1.54, 1.807) is 16.7 Å². The first kappa shape index (κ1) is 25.0. The normalized spacial score (nSPS) is 11.9. The second-order valence-corrected chi connectivity index (χ2v) is 9.47. The van der Waals surface area contributed by atoms with Gasteiger partial charge in [-0.3, -0.25) is 9.59 Å². The summed E-state index contributed by atoms with van der Waals surface area (Å²) in [5.74, 6) is 1.07. The van der Waals surface area contributed by atoms with Gasteiger partial charge in [-0.1, -0.05) is 68.8 Å². The summed E-state index contributed by atoms with van der Waals surface area (Å²) < 4.78 is 0. The Kier molecular flexibility index (Phi) is 10.6. The van der Waals surface area contributed by atoms with E-state index in [-0.39, 0.29) is 11.8 Å². The molecule has 0 radical (unpaired) electrons. The van der Waals surface area contributed by atoms with Crippen LogP contribution in [-0.4, -0.2) is 41.6 Å². The molecule has 0 fully saturated rings. The number of carbonyl (C=O) groups excluding carboxylic acids is 2. The molecule has 0 unspecified atom stereocenters. The predicted octanol–water partition coefficient (Wildman–Crippen LogP) is 5.10. The molecule has 0 aliphatic rings. The molecule has 0 aliphatic carbocycles. The maximum atomic E-state index is 13.2. The highest BCUT2D eigenvalue weighted by molar-refractivity contribution is 7.99. The van der Waals surface area contributed by atoms with E-state index in [1.165, 1.54) is 11.1 Å². The van der Waals surface area contributed by atoms with Crippen molar-refractivity contribution >= 4 is 23.6 Å². The zero-order chi connectivity index (χ0) is 22.6. The van der Waals surface area contributed by atoms with Crippen LogP contribution in [0.3, 0.4) is 0 Å². The summed E-state index contributed by atoms with van der Waals surface area (Å²) in [6.07, 6.45) is 1.77. The van der Waals surface area contributed by atoms with Crippen LogP contribution in [0.25, 0.3) is 0 Å². The van der Waals surface area contributed by atoms with E-state index in [4.69, 9.17) is 0 Å². The monoisotopic (exact) mass is 440 g/mol. The second kappa shape index (κ2) is 13.2. The van der Waals surface area contributed by atoms with E-state index in [9.17, 15) is 9.59 Å². The molecule has 1 N–H and O–H groups in total. The van der Waals surface area contributed by atoms with Gasteiger partial charge >= 0.3 is 0 Å². The van der Waals surface area contributed by atoms with Crippen LogP contribution in [0.15, 0.2) is 59.5 Å². The van der Waals surface area contributed by atoms with E-state index in [0.29, 0.717) is 37.6 Å². The summed E-state index contributed by atoms with van der Waals surface area (Å²) in [5, 5.41) is 3.02. The van der Waals surface area contributed by atoms with E-state index < -0.39 is 6.04 Å². The largest absolute Gasteiger partial charge is 0.354 e. The molecule has 5 heteroatoms. The molecule has 4 nitrogen and oxygen atoms in total. The maximum Gasteiger partial charge on any atom is 0.242 e. The van der Waals surface area contributed by atoms with Crippen molar-refractivity contribution in [1.82, 2.24) is 10.2 Å². The van der Waals surface area contributed by atoms with Crippen molar-refractivity contribution in [1.29, 1.82) is 0 Å². The summed E-state index contributed by atoms with van der Waals surface area (Å²) >= 11 is 1.68.